The first-order valence-electron chi connectivity index (χ1n) is 15.3. The molecule has 5 aromatic rings. The summed E-state index contributed by atoms with van der Waals surface area (Å²) in [4.78, 5) is 46.3. The number of aromatic nitrogens is 1. The number of amides is 1. The highest BCUT2D eigenvalue weighted by molar-refractivity contribution is 7.17. The number of carbonyl (C=O) groups is 3. The van der Waals surface area contributed by atoms with Gasteiger partial charge >= 0.3 is 11.9 Å². The molecule has 1 unspecified atom stereocenters. The van der Waals surface area contributed by atoms with Crippen molar-refractivity contribution in [1.29, 1.82) is 0 Å². The molecule has 2 heterocycles. The zero-order chi connectivity index (χ0) is 33.8. The first kappa shape index (κ1) is 32.2. The summed E-state index contributed by atoms with van der Waals surface area (Å²) in [5.74, 6) is -1.05. The van der Waals surface area contributed by atoms with Gasteiger partial charge in [0.15, 0.2) is 5.13 Å². The minimum Gasteiger partial charge on any atom is -0.507 e. The van der Waals surface area contributed by atoms with Crippen LogP contribution >= 0.6 is 11.3 Å². The van der Waals surface area contributed by atoms with Gasteiger partial charge in [0.25, 0.3) is 5.78 Å². The Morgan fingerprint density at radius 2 is 1.58 bits per heavy atom. The van der Waals surface area contributed by atoms with Crippen molar-refractivity contribution in [3.63, 3.8) is 0 Å². The highest BCUT2D eigenvalue weighted by Gasteiger charge is 2.48. The lowest BCUT2D eigenvalue weighted by atomic mass is 9.94. The Labute approximate surface area is 281 Å². The van der Waals surface area contributed by atoms with Crippen LogP contribution in [-0.2, 0) is 20.9 Å². The van der Waals surface area contributed by atoms with Gasteiger partial charge in [-0.1, -0.05) is 72.0 Å². The van der Waals surface area contributed by atoms with Gasteiger partial charge < -0.3 is 19.3 Å². The van der Waals surface area contributed by atoms with Gasteiger partial charge in [-0.15, -0.1) is 0 Å². The topological polar surface area (TPSA) is 115 Å². The number of ether oxygens (including phenoxy) is 3. The molecular formula is C38H32N2O7S. The number of aliphatic hydroxyl groups is 1. The molecule has 6 rings (SSSR count). The molecule has 1 atom stereocenters. The van der Waals surface area contributed by atoms with E-state index >= 15 is 0 Å². The summed E-state index contributed by atoms with van der Waals surface area (Å²) in [5.41, 5.74) is 2.74. The van der Waals surface area contributed by atoms with Crippen molar-refractivity contribution in [3.05, 3.63) is 142 Å². The van der Waals surface area contributed by atoms with Gasteiger partial charge in [0, 0.05) is 5.56 Å². The van der Waals surface area contributed by atoms with E-state index in [1.165, 1.54) is 4.90 Å². The second-order valence-corrected chi connectivity index (χ2v) is 12.0. The van der Waals surface area contributed by atoms with Crippen molar-refractivity contribution in [3.8, 4) is 17.2 Å². The number of nitrogens with zero attached hydrogens (tertiary/aromatic N) is 2. The number of anilines is 1. The predicted molar refractivity (Wildman–Crippen MR) is 183 cm³/mol. The number of esters is 1. The average molecular weight is 661 g/mol. The first-order valence-corrected chi connectivity index (χ1v) is 16.1. The van der Waals surface area contributed by atoms with E-state index in [0.717, 1.165) is 16.9 Å². The zero-order valence-electron chi connectivity index (χ0n) is 26.5. The van der Waals surface area contributed by atoms with Crippen LogP contribution in [0, 0.1) is 13.8 Å². The Hall–Kier alpha value is -5.74. The largest absolute Gasteiger partial charge is 0.507 e. The molecule has 10 heteroatoms. The molecule has 0 radical (unpaired) electrons. The average Bonchev–Trinajstić information content (AvgIpc) is 3.60. The number of rotatable bonds is 10. The molecule has 48 heavy (non-hydrogen) atoms. The zero-order valence-corrected chi connectivity index (χ0v) is 27.3. The Bertz CT molecular complexity index is 2020. The van der Waals surface area contributed by atoms with Crippen molar-refractivity contribution >= 4 is 39.9 Å². The molecule has 1 aliphatic rings. The number of hydrogen-bond acceptors (Lipinski definition) is 9. The van der Waals surface area contributed by atoms with Crippen LogP contribution in [0.4, 0.5) is 5.13 Å². The van der Waals surface area contributed by atoms with E-state index in [9.17, 15) is 19.5 Å². The van der Waals surface area contributed by atoms with E-state index in [4.69, 9.17) is 14.2 Å². The fourth-order valence-corrected chi connectivity index (χ4v) is 6.45. The highest BCUT2D eigenvalue weighted by Crippen LogP contribution is 2.45. The van der Waals surface area contributed by atoms with Gasteiger partial charge in [-0.3, -0.25) is 14.5 Å². The third-order valence-corrected chi connectivity index (χ3v) is 8.89. The van der Waals surface area contributed by atoms with Crippen molar-refractivity contribution in [1.82, 2.24) is 4.98 Å². The summed E-state index contributed by atoms with van der Waals surface area (Å²) >= 11 is 0.949. The second kappa shape index (κ2) is 13.9. The maximum atomic E-state index is 13.8. The summed E-state index contributed by atoms with van der Waals surface area (Å²) in [7, 11) is 0. The van der Waals surface area contributed by atoms with Crippen LogP contribution in [-0.4, -0.2) is 34.4 Å². The normalized spacial score (nSPS) is 15.4. The number of aryl methyl sites for hydroxylation is 2. The van der Waals surface area contributed by atoms with Gasteiger partial charge in [-0.25, -0.2) is 9.78 Å². The third kappa shape index (κ3) is 6.56. The maximum Gasteiger partial charge on any atom is 0.350 e. The van der Waals surface area contributed by atoms with Crippen molar-refractivity contribution in [2.24, 2.45) is 0 Å². The summed E-state index contributed by atoms with van der Waals surface area (Å²) in [6.07, 6.45) is 0. The first-order chi connectivity index (χ1) is 23.2. The molecule has 0 bridgehead atoms. The van der Waals surface area contributed by atoms with E-state index in [1.54, 1.807) is 63.2 Å². The van der Waals surface area contributed by atoms with Crippen LogP contribution in [0.5, 0.6) is 17.2 Å². The van der Waals surface area contributed by atoms with E-state index in [2.05, 4.69) is 4.98 Å². The van der Waals surface area contributed by atoms with Gasteiger partial charge in [-0.05, 0) is 79.9 Å². The fraction of sp³-hybridized carbons (Fsp3) is 0.158. The number of hydrogen-bond donors (Lipinski definition) is 1. The summed E-state index contributed by atoms with van der Waals surface area (Å²) in [6, 6.07) is 29.9. The number of aliphatic hydroxyl groups excluding tert-OH is 1. The summed E-state index contributed by atoms with van der Waals surface area (Å²) in [6.45, 7) is 5.65. The molecule has 9 nitrogen and oxygen atoms in total. The lowest BCUT2D eigenvalue weighted by Gasteiger charge is -2.23. The smallest absolute Gasteiger partial charge is 0.350 e. The van der Waals surface area contributed by atoms with Gasteiger partial charge in [0.05, 0.1) is 23.9 Å². The Morgan fingerprint density at radius 1 is 0.875 bits per heavy atom. The molecule has 1 N–H and O–H groups in total. The molecule has 242 valence electrons. The van der Waals surface area contributed by atoms with Crippen molar-refractivity contribution in [2.75, 3.05) is 11.5 Å². The van der Waals surface area contributed by atoms with Crippen molar-refractivity contribution < 1.29 is 33.7 Å². The molecule has 1 aromatic heterocycles. The Balaban J connectivity index is 1.43. The minimum absolute atomic E-state index is 0.122. The standard InChI is InChI=1S/C38H32N2O7S/c1-4-45-37(44)35-24(3)39-38(48-35)40-32(26-14-11-17-29(21-26)47-27-15-9-6-10-16-27)31(34(42)36(40)43)33(41)30-19-18-28(20-23(30)2)46-22-25-12-7-5-8-13-25/h5-21,32,41H,4,22H2,1-3H3. The van der Waals surface area contributed by atoms with E-state index in [-0.39, 0.29) is 27.9 Å². The number of benzene rings is 4. The predicted octanol–water partition coefficient (Wildman–Crippen LogP) is 7.93. The summed E-state index contributed by atoms with van der Waals surface area (Å²) < 4.78 is 17.2. The maximum absolute atomic E-state index is 13.8. The van der Waals surface area contributed by atoms with Gasteiger partial charge in [0.1, 0.15) is 34.5 Å². The minimum atomic E-state index is -1.08. The van der Waals surface area contributed by atoms with Crippen LogP contribution in [0.2, 0.25) is 0 Å². The van der Waals surface area contributed by atoms with Crippen LogP contribution in [0.1, 0.15) is 50.6 Å². The molecule has 1 fully saturated rings. The van der Waals surface area contributed by atoms with Crippen LogP contribution in [0.15, 0.2) is 109 Å². The SMILES string of the molecule is CCOC(=O)c1sc(N2C(=O)C(=O)C(=C(O)c3ccc(OCc4ccccc4)cc3C)C2c2cccc(Oc3ccccc3)c2)nc1C. The molecule has 0 saturated carbocycles. The lowest BCUT2D eigenvalue weighted by Crippen LogP contribution is -2.29. The molecule has 1 amide bonds. The lowest BCUT2D eigenvalue weighted by molar-refractivity contribution is -0.132. The Morgan fingerprint density at radius 3 is 2.29 bits per heavy atom. The molecule has 1 aliphatic heterocycles. The summed E-state index contributed by atoms with van der Waals surface area (Å²) in [5, 5.41) is 11.9. The quantitative estimate of drug-likeness (QED) is 0.0695. The van der Waals surface area contributed by atoms with Crippen LogP contribution < -0.4 is 14.4 Å². The van der Waals surface area contributed by atoms with Gasteiger partial charge in [0.2, 0.25) is 0 Å². The number of carbonyl (C=O) groups excluding carboxylic acids is 3. The third-order valence-electron chi connectivity index (χ3n) is 7.75. The number of Topliss-reactive ketones (excluding diaryl/α,β-unsaturated/α-hetero) is 1. The van der Waals surface area contributed by atoms with Crippen LogP contribution in [0.25, 0.3) is 5.76 Å². The number of thiazole rings is 1. The monoisotopic (exact) mass is 660 g/mol. The van der Waals surface area contributed by atoms with E-state index < -0.39 is 23.7 Å². The second-order valence-electron chi connectivity index (χ2n) is 11.0. The highest BCUT2D eigenvalue weighted by atomic mass is 32.1. The fourth-order valence-electron chi connectivity index (χ4n) is 5.47. The Kier molecular flexibility index (Phi) is 9.36. The molecule has 1 saturated heterocycles. The molecular weight excluding hydrogens is 628 g/mol. The van der Waals surface area contributed by atoms with E-state index in [0.29, 0.717) is 46.2 Å². The van der Waals surface area contributed by atoms with Gasteiger partial charge in [-0.2, -0.15) is 0 Å². The number of para-hydroxylation sites is 1. The number of ketones is 1. The van der Waals surface area contributed by atoms with E-state index in [1.807, 2.05) is 60.7 Å². The molecule has 0 spiro atoms. The van der Waals surface area contributed by atoms with Crippen LogP contribution in [0.3, 0.4) is 0 Å². The molecule has 4 aromatic carbocycles. The van der Waals surface area contributed by atoms with Crippen molar-refractivity contribution in [2.45, 2.75) is 33.4 Å². The molecule has 0 aliphatic carbocycles.